The minimum Gasteiger partial charge on any atom is -0.463 e. The van der Waals surface area contributed by atoms with Crippen molar-refractivity contribution in [3.8, 4) is 0 Å². The Hall–Kier alpha value is -2.41. The van der Waals surface area contributed by atoms with Gasteiger partial charge in [-0.2, -0.15) is 0 Å². The summed E-state index contributed by atoms with van der Waals surface area (Å²) in [6.07, 6.45) is 4.01. The van der Waals surface area contributed by atoms with Crippen LogP contribution in [0.25, 0.3) is 0 Å². The highest BCUT2D eigenvalue weighted by molar-refractivity contribution is 5.87. The summed E-state index contributed by atoms with van der Waals surface area (Å²) < 4.78 is 13.9. The molecule has 27 heavy (non-hydrogen) atoms. The number of unbranched alkanes of at least 4 members (excludes halogenated alkanes) is 1. The van der Waals surface area contributed by atoms with Crippen molar-refractivity contribution < 1.29 is 33.7 Å². The lowest BCUT2D eigenvalue weighted by atomic mass is 10.4. The predicted octanol–water partition coefficient (Wildman–Crippen LogP) is 3.13. The molecule has 0 fully saturated rings. The molecule has 7 nitrogen and oxygen atoms in total. The van der Waals surface area contributed by atoms with Crippen LogP contribution in [-0.2, 0) is 28.6 Å². The van der Waals surface area contributed by atoms with E-state index < -0.39 is 5.97 Å². The molecule has 0 unspecified atom stereocenters. The summed E-state index contributed by atoms with van der Waals surface area (Å²) in [4.78, 5) is 31.4. The maximum atomic E-state index is 10.6. The summed E-state index contributed by atoms with van der Waals surface area (Å²) in [7, 11) is 0. The van der Waals surface area contributed by atoms with Crippen LogP contribution in [0.5, 0.6) is 0 Å². The zero-order chi connectivity index (χ0) is 21.7. The molecule has 0 heterocycles. The molecule has 0 bridgehead atoms. The first kappa shape index (κ1) is 29.4. The van der Waals surface area contributed by atoms with Crippen molar-refractivity contribution >= 4 is 17.9 Å². The van der Waals surface area contributed by atoms with E-state index in [1.807, 2.05) is 13.8 Å². The maximum Gasteiger partial charge on any atom is 0.333 e. The van der Waals surface area contributed by atoms with Crippen LogP contribution < -0.4 is 0 Å². The Morgan fingerprint density at radius 2 is 1.33 bits per heavy atom. The Balaban J connectivity index is -0.000000320. The molecule has 0 aliphatic rings. The van der Waals surface area contributed by atoms with Gasteiger partial charge in [0.25, 0.3) is 0 Å². The van der Waals surface area contributed by atoms with Gasteiger partial charge in [0, 0.05) is 17.2 Å². The van der Waals surface area contributed by atoms with Crippen molar-refractivity contribution in [1.82, 2.24) is 0 Å². The van der Waals surface area contributed by atoms with Gasteiger partial charge in [-0.15, -0.1) is 0 Å². The second-order valence-corrected chi connectivity index (χ2v) is 5.28. The first-order valence-electron chi connectivity index (χ1n) is 8.73. The molecule has 0 aromatic heterocycles. The van der Waals surface area contributed by atoms with Gasteiger partial charge in [0.1, 0.15) is 6.61 Å². The maximum absolute atomic E-state index is 10.6. The average molecular weight is 386 g/mol. The standard InChI is InChI=1S/2C7H12O2.C6H10O3/c1-4-5-9-7(8)6(2)3;1-3-5-6-9-7(8)4-2;1-5(2)6(8)9-4-3-7/h2,4-5H2,1,3H3;4H,2-3,5-6H2,1H3;7H,1,3-4H2,2H3. The molecule has 156 valence electrons. The number of aliphatic hydroxyl groups excluding tert-OH is 1. The van der Waals surface area contributed by atoms with Gasteiger partial charge < -0.3 is 19.3 Å². The normalized spacial score (nSPS) is 8.63. The summed E-state index contributed by atoms with van der Waals surface area (Å²) in [5.41, 5.74) is 0.812. The van der Waals surface area contributed by atoms with Crippen molar-refractivity contribution in [2.75, 3.05) is 26.4 Å². The van der Waals surface area contributed by atoms with E-state index in [2.05, 4.69) is 29.2 Å². The summed E-state index contributed by atoms with van der Waals surface area (Å²) >= 11 is 0. The number of ether oxygens (including phenoxy) is 3. The van der Waals surface area contributed by atoms with Gasteiger partial charge in [-0.3, -0.25) is 0 Å². The topological polar surface area (TPSA) is 99.1 Å². The average Bonchev–Trinajstić information content (AvgIpc) is 2.64. The molecule has 0 amide bonds. The number of carbonyl (C=O) groups is 3. The van der Waals surface area contributed by atoms with Crippen LogP contribution in [-0.4, -0.2) is 49.4 Å². The molecule has 0 spiro atoms. The van der Waals surface area contributed by atoms with Gasteiger partial charge in [-0.05, 0) is 26.7 Å². The lowest BCUT2D eigenvalue weighted by Crippen LogP contribution is -2.08. The van der Waals surface area contributed by atoms with Gasteiger partial charge in [0.05, 0.1) is 19.8 Å². The number of hydrogen-bond donors (Lipinski definition) is 1. The van der Waals surface area contributed by atoms with Gasteiger partial charge in [0.15, 0.2) is 0 Å². The second kappa shape index (κ2) is 21.6. The molecular weight excluding hydrogens is 352 g/mol. The Kier molecular flexibility index (Phi) is 23.5. The van der Waals surface area contributed by atoms with Gasteiger partial charge >= 0.3 is 17.9 Å². The SMILES string of the molecule is C=C(C)C(=O)OCCC.C=C(C)C(=O)OCCO.C=CC(=O)OCCCC. The Bertz CT molecular complexity index is 434. The Morgan fingerprint density at radius 3 is 1.67 bits per heavy atom. The van der Waals surface area contributed by atoms with Crippen LogP contribution in [0.15, 0.2) is 37.0 Å². The third-order valence-corrected chi connectivity index (χ3v) is 2.37. The minimum atomic E-state index is -0.455. The van der Waals surface area contributed by atoms with Crippen LogP contribution in [0.2, 0.25) is 0 Å². The number of esters is 3. The van der Waals surface area contributed by atoms with Crippen LogP contribution >= 0.6 is 0 Å². The van der Waals surface area contributed by atoms with Crippen LogP contribution in [0, 0.1) is 0 Å². The molecule has 0 aliphatic heterocycles. The summed E-state index contributed by atoms with van der Waals surface area (Å²) in [5, 5.41) is 8.19. The zero-order valence-electron chi connectivity index (χ0n) is 17.0. The number of carbonyl (C=O) groups excluding carboxylic acids is 3. The van der Waals surface area contributed by atoms with Crippen LogP contribution in [0.4, 0.5) is 0 Å². The van der Waals surface area contributed by atoms with Crippen molar-refractivity contribution in [3.05, 3.63) is 37.0 Å². The monoisotopic (exact) mass is 386 g/mol. The van der Waals surface area contributed by atoms with Crippen molar-refractivity contribution in [2.24, 2.45) is 0 Å². The first-order chi connectivity index (χ1) is 12.7. The van der Waals surface area contributed by atoms with Crippen LogP contribution in [0.1, 0.15) is 47.0 Å². The van der Waals surface area contributed by atoms with E-state index in [0.29, 0.717) is 24.4 Å². The number of hydrogen-bond acceptors (Lipinski definition) is 7. The fourth-order valence-electron chi connectivity index (χ4n) is 0.956. The van der Waals surface area contributed by atoms with E-state index >= 15 is 0 Å². The van der Waals surface area contributed by atoms with Crippen LogP contribution in [0.3, 0.4) is 0 Å². The van der Waals surface area contributed by atoms with Crippen molar-refractivity contribution in [1.29, 1.82) is 0 Å². The molecule has 0 aliphatic carbocycles. The highest BCUT2D eigenvalue weighted by Crippen LogP contribution is 1.92. The Labute approximate surface area is 162 Å². The molecule has 7 heteroatoms. The smallest absolute Gasteiger partial charge is 0.333 e. The van der Waals surface area contributed by atoms with Gasteiger partial charge in [0.2, 0.25) is 0 Å². The van der Waals surface area contributed by atoms with E-state index in [1.54, 1.807) is 13.8 Å². The summed E-state index contributed by atoms with van der Waals surface area (Å²) in [6.45, 7) is 18.2. The fraction of sp³-hybridized carbons (Fsp3) is 0.550. The van der Waals surface area contributed by atoms with E-state index in [4.69, 9.17) is 9.84 Å². The van der Waals surface area contributed by atoms with E-state index in [-0.39, 0.29) is 25.2 Å². The fourth-order valence-corrected chi connectivity index (χ4v) is 0.956. The van der Waals surface area contributed by atoms with Crippen molar-refractivity contribution in [2.45, 2.75) is 47.0 Å². The molecule has 0 atom stereocenters. The van der Waals surface area contributed by atoms with E-state index in [9.17, 15) is 14.4 Å². The highest BCUT2D eigenvalue weighted by atomic mass is 16.5. The number of rotatable bonds is 10. The minimum absolute atomic E-state index is 0.0473. The predicted molar refractivity (Wildman–Crippen MR) is 105 cm³/mol. The molecule has 0 saturated carbocycles. The third-order valence-electron chi connectivity index (χ3n) is 2.37. The third kappa shape index (κ3) is 25.9. The molecule has 0 saturated heterocycles. The van der Waals surface area contributed by atoms with E-state index in [0.717, 1.165) is 19.3 Å². The molecular formula is C20H34O7. The van der Waals surface area contributed by atoms with E-state index in [1.165, 1.54) is 6.08 Å². The summed E-state index contributed by atoms with van der Waals surface area (Å²) in [5.74, 6) is -1.08. The number of aliphatic hydroxyl groups is 1. The first-order valence-corrected chi connectivity index (χ1v) is 8.73. The highest BCUT2D eigenvalue weighted by Gasteiger charge is 2.00. The second-order valence-electron chi connectivity index (χ2n) is 5.28. The molecule has 0 aromatic rings. The molecule has 0 radical (unpaired) electrons. The van der Waals surface area contributed by atoms with Gasteiger partial charge in [-0.1, -0.05) is 40.0 Å². The van der Waals surface area contributed by atoms with Gasteiger partial charge in [-0.25, -0.2) is 14.4 Å². The largest absolute Gasteiger partial charge is 0.463 e. The molecule has 0 rings (SSSR count). The Morgan fingerprint density at radius 1 is 0.852 bits per heavy atom. The lowest BCUT2D eigenvalue weighted by molar-refractivity contribution is -0.140. The molecule has 0 aromatic carbocycles. The van der Waals surface area contributed by atoms with Crippen molar-refractivity contribution in [3.63, 3.8) is 0 Å². The lowest BCUT2D eigenvalue weighted by Gasteiger charge is -1.99. The quantitative estimate of drug-likeness (QED) is 0.266. The molecule has 1 N–H and O–H groups in total. The zero-order valence-corrected chi connectivity index (χ0v) is 17.0. The summed E-state index contributed by atoms with van der Waals surface area (Å²) in [6, 6.07) is 0.